The molecule has 1 aliphatic rings. The fourth-order valence-electron chi connectivity index (χ4n) is 2.85. The third kappa shape index (κ3) is 2.73. The lowest BCUT2D eigenvalue weighted by atomic mass is 10.2. The third-order valence-electron chi connectivity index (χ3n) is 4.10. The number of aryl methyl sites for hydroxylation is 1. The summed E-state index contributed by atoms with van der Waals surface area (Å²) in [5.74, 6) is -0.222. The van der Waals surface area contributed by atoms with Crippen LogP contribution in [0.5, 0.6) is 0 Å². The zero-order valence-corrected chi connectivity index (χ0v) is 14.0. The monoisotopic (exact) mass is 345 g/mol. The lowest BCUT2D eigenvalue weighted by Gasteiger charge is -2.35. The van der Waals surface area contributed by atoms with E-state index in [2.05, 4.69) is 19.9 Å². The van der Waals surface area contributed by atoms with Crippen LogP contribution in [0.2, 0.25) is 0 Å². The number of hydrogen-bond donors (Lipinski definition) is 0. The van der Waals surface area contributed by atoms with E-state index in [1.807, 2.05) is 6.92 Å². The van der Waals surface area contributed by atoms with Crippen LogP contribution in [0, 0.1) is 12.7 Å². The Hall–Kier alpha value is -2.48. The summed E-state index contributed by atoms with van der Waals surface area (Å²) in [6.07, 6.45) is 0. The Labute approximate surface area is 141 Å². The molecule has 0 spiro atoms. The molecule has 1 fully saturated rings. The van der Waals surface area contributed by atoms with E-state index in [-0.39, 0.29) is 11.4 Å². The van der Waals surface area contributed by atoms with Gasteiger partial charge in [0.1, 0.15) is 5.82 Å². The number of nitrogens with zero attached hydrogens (tertiary/aromatic N) is 5. The van der Waals surface area contributed by atoms with Gasteiger partial charge in [-0.15, -0.1) is 5.10 Å². The second kappa shape index (κ2) is 5.86. The van der Waals surface area contributed by atoms with Crippen LogP contribution >= 0.6 is 11.3 Å². The highest BCUT2D eigenvalue weighted by atomic mass is 32.1. The first-order valence-corrected chi connectivity index (χ1v) is 8.55. The molecule has 0 bridgehead atoms. The van der Waals surface area contributed by atoms with Crippen molar-refractivity contribution in [1.29, 1.82) is 0 Å². The molecule has 0 radical (unpaired) electrons. The average molecular weight is 345 g/mol. The smallest absolute Gasteiger partial charge is 0.275 e. The maximum absolute atomic E-state index is 13.0. The average Bonchev–Trinajstić information content (AvgIpc) is 3.00. The van der Waals surface area contributed by atoms with Gasteiger partial charge in [-0.25, -0.2) is 9.37 Å². The molecule has 124 valence electrons. The third-order valence-corrected chi connectivity index (χ3v) is 5.07. The van der Waals surface area contributed by atoms with Gasteiger partial charge in [-0.2, -0.15) is 4.52 Å². The van der Waals surface area contributed by atoms with Crippen LogP contribution in [0.1, 0.15) is 5.69 Å². The second-order valence-corrected chi connectivity index (χ2v) is 6.70. The Morgan fingerprint density at radius 3 is 2.46 bits per heavy atom. The number of rotatable bonds is 2. The predicted molar refractivity (Wildman–Crippen MR) is 92.7 cm³/mol. The molecule has 0 unspecified atom stereocenters. The molecule has 0 aliphatic carbocycles. The van der Waals surface area contributed by atoms with Crippen LogP contribution in [0.3, 0.4) is 0 Å². The summed E-state index contributed by atoms with van der Waals surface area (Å²) < 4.78 is 14.4. The Morgan fingerprint density at radius 2 is 1.75 bits per heavy atom. The number of hydrogen-bond acceptors (Lipinski definition) is 6. The van der Waals surface area contributed by atoms with Crippen molar-refractivity contribution < 1.29 is 4.39 Å². The molecule has 1 saturated heterocycles. The van der Waals surface area contributed by atoms with Crippen molar-refractivity contribution >= 4 is 27.1 Å². The number of aromatic nitrogens is 3. The van der Waals surface area contributed by atoms with Crippen molar-refractivity contribution in [2.75, 3.05) is 36.0 Å². The molecule has 24 heavy (non-hydrogen) atoms. The molecule has 0 saturated carbocycles. The predicted octanol–water partition coefficient (Wildman–Crippen LogP) is 1.93. The minimum Gasteiger partial charge on any atom is -0.368 e. The quantitative estimate of drug-likeness (QED) is 0.710. The summed E-state index contributed by atoms with van der Waals surface area (Å²) in [6.45, 7) is 5.05. The Balaban J connectivity index is 1.52. The summed E-state index contributed by atoms with van der Waals surface area (Å²) >= 11 is 1.43. The summed E-state index contributed by atoms with van der Waals surface area (Å²) in [6, 6.07) is 8.05. The van der Waals surface area contributed by atoms with Gasteiger partial charge in [-0.3, -0.25) is 4.79 Å². The van der Waals surface area contributed by atoms with E-state index >= 15 is 0 Å². The SMILES string of the molecule is Cc1cc(=O)n2nc(N3CCN(c4ccc(F)cc4)CC3)sc2n1. The number of anilines is 2. The van der Waals surface area contributed by atoms with E-state index in [1.54, 1.807) is 12.1 Å². The van der Waals surface area contributed by atoms with Gasteiger partial charge in [-0.05, 0) is 31.2 Å². The van der Waals surface area contributed by atoms with E-state index < -0.39 is 0 Å². The lowest BCUT2D eigenvalue weighted by Crippen LogP contribution is -2.46. The number of fused-ring (bicyclic) bond motifs is 1. The van der Waals surface area contributed by atoms with Gasteiger partial charge >= 0.3 is 0 Å². The molecule has 4 rings (SSSR count). The second-order valence-electron chi connectivity index (χ2n) is 5.77. The standard InChI is InChI=1S/C16H16FN5OS/c1-11-10-14(23)22-15(18-11)24-16(19-22)21-8-6-20(7-9-21)13-4-2-12(17)3-5-13/h2-5,10H,6-9H2,1H3. The fraction of sp³-hybridized carbons (Fsp3) is 0.312. The maximum atomic E-state index is 13.0. The van der Waals surface area contributed by atoms with Crippen LogP contribution in [-0.4, -0.2) is 40.8 Å². The first kappa shape index (κ1) is 15.1. The zero-order chi connectivity index (χ0) is 16.7. The molecular formula is C16H16FN5OS. The van der Waals surface area contributed by atoms with Gasteiger partial charge < -0.3 is 9.80 Å². The normalized spacial score (nSPS) is 15.2. The first-order chi connectivity index (χ1) is 11.6. The Kier molecular flexibility index (Phi) is 3.68. The Bertz CT molecular complexity index is 928. The van der Waals surface area contributed by atoms with E-state index in [4.69, 9.17) is 0 Å². The highest BCUT2D eigenvalue weighted by molar-refractivity contribution is 7.20. The van der Waals surface area contributed by atoms with Crippen LogP contribution < -0.4 is 15.4 Å². The highest BCUT2D eigenvalue weighted by Crippen LogP contribution is 2.24. The van der Waals surface area contributed by atoms with Crippen molar-refractivity contribution in [3.63, 3.8) is 0 Å². The summed E-state index contributed by atoms with van der Waals surface area (Å²) in [4.78, 5) is 21.3. The van der Waals surface area contributed by atoms with Gasteiger partial charge in [0.05, 0.1) is 0 Å². The minimum absolute atomic E-state index is 0.148. The van der Waals surface area contributed by atoms with Crippen LogP contribution in [0.15, 0.2) is 35.1 Å². The highest BCUT2D eigenvalue weighted by Gasteiger charge is 2.21. The van der Waals surface area contributed by atoms with Gasteiger partial charge in [0.25, 0.3) is 5.56 Å². The van der Waals surface area contributed by atoms with E-state index in [0.29, 0.717) is 10.7 Å². The Morgan fingerprint density at radius 1 is 1.08 bits per heavy atom. The van der Waals surface area contributed by atoms with Crippen molar-refractivity contribution in [2.45, 2.75) is 6.92 Å². The van der Waals surface area contributed by atoms with Crippen LogP contribution in [-0.2, 0) is 0 Å². The van der Waals surface area contributed by atoms with Crippen LogP contribution in [0.25, 0.3) is 4.96 Å². The minimum atomic E-state index is -0.222. The van der Waals surface area contributed by atoms with E-state index in [0.717, 1.165) is 37.0 Å². The molecule has 8 heteroatoms. The molecule has 1 aromatic carbocycles. The van der Waals surface area contributed by atoms with E-state index in [1.165, 1.54) is 34.1 Å². The summed E-state index contributed by atoms with van der Waals surface area (Å²) in [5.41, 5.74) is 1.58. The van der Waals surface area contributed by atoms with Gasteiger partial charge in [0, 0.05) is 43.6 Å². The van der Waals surface area contributed by atoms with Gasteiger partial charge in [0.2, 0.25) is 10.1 Å². The lowest BCUT2D eigenvalue weighted by molar-refractivity contribution is 0.624. The maximum Gasteiger partial charge on any atom is 0.275 e. The number of halogens is 1. The van der Waals surface area contributed by atoms with Crippen LogP contribution in [0.4, 0.5) is 15.2 Å². The van der Waals surface area contributed by atoms with Gasteiger partial charge in [0.15, 0.2) is 0 Å². The van der Waals surface area contributed by atoms with E-state index in [9.17, 15) is 9.18 Å². The summed E-state index contributed by atoms with van der Waals surface area (Å²) in [5, 5.41) is 5.21. The molecule has 6 nitrogen and oxygen atoms in total. The molecule has 0 atom stereocenters. The van der Waals surface area contributed by atoms with Crippen molar-refractivity contribution in [1.82, 2.24) is 14.6 Å². The van der Waals surface area contributed by atoms with Crippen molar-refractivity contribution in [3.8, 4) is 0 Å². The molecule has 0 N–H and O–H groups in total. The van der Waals surface area contributed by atoms with Crippen molar-refractivity contribution in [3.05, 3.63) is 52.2 Å². The zero-order valence-electron chi connectivity index (χ0n) is 13.1. The molecular weight excluding hydrogens is 329 g/mol. The number of piperazine rings is 1. The molecule has 0 amide bonds. The molecule has 3 heterocycles. The molecule has 2 aromatic heterocycles. The summed E-state index contributed by atoms with van der Waals surface area (Å²) in [7, 11) is 0. The van der Waals surface area contributed by atoms with Crippen molar-refractivity contribution in [2.24, 2.45) is 0 Å². The fourth-order valence-corrected chi connectivity index (χ4v) is 3.85. The largest absolute Gasteiger partial charge is 0.368 e. The molecule has 1 aliphatic heterocycles. The number of benzene rings is 1. The van der Waals surface area contributed by atoms with Gasteiger partial charge in [-0.1, -0.05) is 11.3 Å². The topological polar surface area (TPSA) is 53.7 Å². The first-order valence-electron chi connectivity index (χ1n) is 7.73. The molecule has 3 aromatic rings.